The van der Waals surface area contributed by atoms with Gasteiger partial charge in [-0.2, -0.15) is 0 Å². The fourth-order valence-corrected chi connectivity index (χ4v) is 1.16. The zero-order valence-electron chi connectivity index (χ0n) is 8.60. The van der Waals surface area contributed by atoms with Crippen molar-refractivity contribution in [3.63, 3.8) is 0 Å². The first-order chi connectivity index (χ1) is 7.63. The van der Waals surface area contributed by atoms with E-state index in [1.807, 2.05) is 0 Å². The summed E-state index contributed by atoms with van der Waals surface area (Å²) < 4.78 is 4.97. The molecule has 0 atom stereocenters. The zero-order valence-corrected chi connectivity index (χ0v) is 9.41. The average Bonchev–Trinajstić information content (AvgIpc) is 2.27. The lowest BCUT2D eigenvalue weighted by molar-refractivity contribution is -0.384. The Morgan fingerprint density at radius 1 is 1.62 bits per heavy atom. The monoisotopic (exact) mass is 241 g/mol. The van der Waals surface area contributed by atoms with E-state index in [0.717, 1.165) is 0 Å². The molecule has 2 N–H and O–H groups in total. The molecule has 0 aliphatic heterocycles. The quantitative estimate of drug-likeness (QED) is 0.476. The summed E-state index contributed by atoms with van der Waals surface area (Å²) in [7, 11) is 0. The van der Waals surface area contributed by atoms with Crippen LogP contribution in [0.4, 0.5) is 11.4 Å². The van der Waals surface area contributed by atoms with E-state index in [1.54, 1.807) is 19.1 Å². The Bertz CT molecular complexity index is 397. The number of rotatable bonds is 4. The molecule has 1 aromatic carbocycles. The number of hydrogen-bond donors (Lipinski definition) is 2. The van der Waals surface area contributed by atoms with Gasteiger partial charge in [0.25, 0.3) is 10.9 Å². The van der Waals surface area contributed by atoms with Gasteiger partial charge in [0.2, 0.25) is 0 Å². The van der Waals surface area contributed by atoms with Crippen LogP contribution in [-0.4, -0.2) is 16.7 Å². The lowest BCUT2D eigenvalue weighted by Crippen LogP contribution is -2.29. The minimum Gasteiger partial charge on any atom is -0.470 e. The first-order valence-electron chi connectivity index (χ1n) is 4.56. The third-order valence-corrected chi connectivity index (χ3v) is 1.86. The highest BCUT2D eigenvalue weighted by atomic mass is 32.1. The summed E-state index contributed by atoms with van der Waals surface area (Å²) >= 11 is 4.81. The number of non-ortho nitro benzene ring substituents is 1. The van der Waals surface area contributed by atoms with Crippen molar-refractivity contribution < 1.29 is 9.66 Å². The first kappa shape index (κ1) is 12.2. The number of nitro benzene ring substituents is 1. The molecule has 0 bridgehead atoms. The van der Waals surface area contributed by atoms with Gasteiger partial charge in [-0.1, -0.05) is 6.07 Å². The van der Waals surface area contributed by atoms with Crippen molar-refractivity contribution in [1.82, 2.24) is 5.43 Å². The molecule has 7 heteroatoms. The molecule has 0 spiro atoms. The third kappa shape index (κ3) is 3.70. The SMILES string of the molecule is CCOC(=S)NNc1cccc([N+](=O)[O-])c1. The van der Waals surface area contributed by atoms with Crippen molar-refractivity contribution in [2.24, 2.45) is 0 Å². The maximum absolute atomic E-state index is 10.5. The van der Waals surface area contributed by atoms with Gasteiger partial charge in [0.1, 0.15) is 0 Å². The van der Waals surface area contributed by atoms with E-state index in [1.165, 1.54) is 12.1 Å². The zero-order chi connectivity index (χ0) is 12.0. The fraction of sp³-hybridized carbons (Fsp3) is 0.222. The van der Waals surface area contributed by atoms with E-state index in [0.29, 0.717) is 12.3 Å². The molecule has 0 aromatic heterocycles. The standard InChI is InChI=1S/C9H11N3O3S/c1-2-15-9(16)11-10-7-4-3-5-8(6-7)12(13)14/h3-6,10H,2H2,1H3,(H,11,16). The van der Waals surface area contributed by atoms with Gasteiger partial charge in [-0.05, 0) is 25.2 Å². The molecule has 0 aliphatic carbocycles. The molecule has 1 aromatic rings. The van der Waals surface area contributed by atoms with E-state index in [4.69, 9.17) is 17.0 Å². The molecule has 1 rings (SSSR count). The van der Waals surface area contributed by atoms with Gasteiger partial charge in [0.15, 0.2) is 0 Å². The third-order valence-electron chi connectivity index (χ3n) is 1.64. The summed E-state index contributed by atoms with van der Waals surface area (Å²) in [5.74, 6) is 0. The Morgan fingerprint density at radius 3 is 3.00 bits per heavy atom. The topological polar surface area (TPSA) is 76.4 Å². The normalized spacial score (nSPS) is 9.31. The first-order valence-corrected chi connectivity index (χ1v) is 4.97. The number of hydrogen-bond acceptors (Lipinski definition) is 5. The van der Waals surface area contributed by atoms with E-state index in [9.17, 15) is 10.1 Å². The van der Waals surface area contributed by atoms with Crippen LogP contribution in [0.3, 0.4) is 0 Å². The van der Waals surface area contributed by atoms with Gasteiger partial charge in [-0.15, -0.1) is 0 Å². The van der Waals surface area contributed by atoms with Crippen LogP contribution in [0.5, 0.6) is 0 Å². The number of benzene rings is 1. The van der Waals surface area contributed by atoms with Crippen molar-refractivity contribution >= 4 is 28.8 Å². The molecular weight excluding hydrogens is 230 g/mol. The van der Waals surface area contributed by atoms with E-state index in [2.05, 4.69) is 10.9 Å². The maximum Gasteiger partial charge on any atom is 0.275 e. The van der Waals surface area contributed by atoms with Gasteiger partial charge in [0, 0.05) is 12.1 Å². The molecule has 0 fully saturated rings. The van der Waals surface area contributed by atoms with Gasteiger partial charge in [-0.25, -0.2) is 0 Å². The summed E-state index contributed by atoms with van der Waals surface area (Å²) in [5.41, 5.74) is 5.85. The van der Waals surface area contributed by atoms with E-state index >= 15 is 0 Å². The average molecular weight is 241 g/mol. The van der Waals surface area contributed by atoms with Crippen LogP contribution < -0.4 is 10.9 Å². The van der Waals surface area contributed by atoms with Gasteiger partial charge >= 0.3 is 0 Å². The Morgan fingerprint density at radius 2 is 2.38 bits per heavy atom. The number of hydrazine groups is 1. The molecule has 16 heavy (non-hydrogen) atoms. The highest BCUT2D eigenvalue weighted by Crippen LogP contribution is 2.15. The van der Waals surface area contributed by atoms with Crippen molar-refractivity contribution in [2.45, 2.75) is 6.92 Å². The minimum atomic E-state index is -0.466. The Balaban J connectivity index is 2.57. The summed E-state index contributed by atoms with van der Waals surface area (Å²) in [5, 5.41) is 10.7. The molecule has 0 amide bonds. The minimum absolute atomic E-state index is 0.00845. The van der Waals surface area contributed by atoms with Crippen LogP contribution in [0, 0.1) is 10.1 Å². The van der Waals surface area contributed by atoms with Crippen molar-refractivity contribution in [3.05, 3.63) is 34.4 Å². The highest BCUT2D eigenvalue weighted by Gasteiger charge is 2.05. The Labute approximate surface area is 97.7 Å². The van der Waals surface area contributed by atoms with Crippen molar-refractivity contribution in [2.75, 3.05) is 12.0 Å². The molecule has 6 nitrogen and oxygen atoms in total. The molecule has 0 saturated carbocycles. The molecule has 0 radical (unpaired) electrons. The molecule has 86 valence electrons. The number of thiocarbonyl (C=S) groups is 1. The predicted molar refractivity (Wildman–Crippen MR) is 64.1 cm³/mol. The second-order valence-corrected chi connectivity index (χ2v) is 3.15. The number of nitrogens with one attached hydrogen (secondary N) is 2. The summed E-state index contributed by atoms with van der Waals surface area (Å²) in [6, 6.07) is 6.05. The Hall–Kier alpha value is -1.89. The second-order valence-electron chi connectivity index (χ2n) is 2.78. The summed E-state index contributed by atoms with van der Waals surface area (Å²) in [6.07, 6.45) is 0. The predicted octanol–water partition coefficient (Wildman–Crippen LogP) is 1.83. The van der Waals surface area contributed by atoms with Gasteiger partial charge in [-0.3, -0.25) is 21.0 Å². The number of ether oxygens (including phenoxy) is 1. The molecular formula is C9H11N3O3S. The lowest BCUT2D eigenvalue weighted by atomic mass is 10.3. The van der Waals surface area contributed by atoms with Crippen LogP contribution in [0.2, 0.25) is 0 Å². The van der Waals surface area contributed by atoms with Crippen LogP contribution in [0.25, 0.3) is 0 Å². The summed E-state index contributed by atoms with van der Waals surface area (Å²) in [4.78, 5) is 10.0. The van der Waals surface area contributed by atoms with Crippen LogP contribution in [0.15, 0.2) is 24.3 Å². The van der Waals surface area contributed by atoms with Gasteiger partial charge < -0.3 is 4.74 Å². The van der Waals surface area contributed by atoms with E-state index < -0.39 is 4.92 Å². The molecule has 0 saturated heterocycles. The molecule has 0 heterocycles. The molecule has 0 aliphatic rings. The maximum atomic E-state index is 10.5. The fourth-order valence-electron chi connectivity index (χ4n) is 0.988. The Kier molecular flexibility index (Phi) is 4.46. The smallest absolute Gasteiger partial charge is 0.275 e. The number of nitrogens with zero attached hydrogens (tertiary/aromatic N) is 1. The highest BCUT2D eigenvalue weighted by molar-refractivity contribution is 7.80. The van der Waals surface area contributed by atoms with Crippen LogP contribution >= 0.6 is 12.2 Å². The van der Waals surface area contributed by atoms with Gasteiger partial charge in [0.05, 0.1) is 17.2 Å². The largest absolute Gasteiger partial charge is 0.470 e. The number of nitro groups is 1. The van der Waals surface area contributed by atoms with Crippen molar-refractivity contribution in [3.8, 4) is 0 Å². The van der Waals surface area contributed by atoms with E-state index in [-0.39, 0.29) is 10.9 Å². The summed E-state index contributed by atoms with van der Waals surface area (Å²) in [6.45, 7) is 2.27. The lowest BCUT2D eigenvalue weighted by Gasteiger charge is -2.10. The van der Waals surface area contributed by atoms with Crippen LogP contribution in [0.1, 0.15) is 6.92 Å². The van der Waals surface area contributed by atoms with Crippen molar-refractivity contribution in [1.29, 1.82) is 0 Å². The second kappa shape index (κ2) is 5.86. The number of anilines is 1. The molecule has 0 unspecified atom stereocenters. The van der Waals surface area contributed by atoms with Crippen LogP contribution in [-0.2, 0) is 4.74 Å².